The van der Waals surface area contributed by atoms with Crippen LogP contribution in [0.1, 0.15) is 36.7 Å². The molecule has 6 nitrogen and oxygen atoms in total. The van der Waals surface area contributed by atoms with Gasteiger partial charge >= 0.3 is 0 Å². The molecule has 1 atom stereocenters. The van der Waals surface area contributed by atoms with Crippen LogP contribution in [0.15, 0.2) is 72.4 Å². The maximum absolute atomic E-state index is 13.2. The van der Waals surface area contributed by atoms with Crippen LogP contribution in [0.4, 0.5) is 5.69 Å². The summed E-state index contributed by atoms with van der Waals surface area (Å²) in [6.07, 6.45) is 1.52. The zero-order valence-corrected chi connectivity index (χ0v) is 19.2. The van der Waals surface area contributed by atoms with Crippen molar-refractivity contribution in [1.82, 2.24) is 4.98 Å². The predicted molar refractivity (Wildman–Crippen MR) is 127 cm³/mol. The molecule has 168 valence electrons. The van der Waals surface area contributed by atoms with Crippen molar-refractivity contribution in [1.29, 1.82) is 0 Å². The van der Waals surface area contributed by atoms with Gasteiger partial charge in [0.2, 0.25) is 0 Å². The molecule has 1 unspecified atom stereocenters. The van der Waals surface area contributed by atoms with Crippen LogP contribution in [0.5, 0.6) is 5.75 Å². The van der Waals surface area contributed by atoms with Crippen LogP contribution in [-0.4, -0.2) is 27.9 Å². The Morgan fingerprint density at radius 2 is 1.88 bits per heavy atom. The molecule has 1 fully saturated rings. The average Bonchev–Trinajstić information content (AvgIpc) is 3.04. The molecule has 1 N–H and O–H groups in total. The van der Waals surface area contributed by atoms with Crippen LogP contribution in [0.25, 0.3) is 5.76 Å². The molecule has 0 bridgehead atoms. The Hall–Kier alpha value is -3.64. The molecule has 0 saturated carbocycles. The molecule has 1 aromatic heterocycles. The molecule has 2 heterocycles. The number of carbonyl (C=O) groups is 2. The van der Waals surface area contributed by atoms with Gasteiger partial charge in [-0.15, -0.1) is 0 Å². The lowest BCUT2D eigenvalue weighted by atomic mass is 9.98. The molecule has 0 radical (unpaired) electrons. The number of hydrogen-bond donors (Lipinski definition) is 1. The largest absolute Gasteiger partial charge is 0.507 e. The van der Waals surface area contributed by atoms with Crippen molar-refractivity contribution in [3.63, 3.8) is 0 Å². The number of anilines is 1. The van der Waals surface area contributed by atoms with Crippen LogP contribution in [-0.2, 0) is 9.59 Å². The van der Waals surface area contributed by atoms with E-state index in [-0.39, 0.29) is 17.4 Å². The predicted octanol–water partition coefficient (Wildman–Crippen LogP) is 5.46. The number of aromatic nitrogens is 1. The van der Waals surface area contributed by atoms with Gasteiger partial charge in [0.1, 0.15) is 17.6 Å². The Kier molecular flexibility index (Phi) is 6.20. The lowest BCUT2D eigenvalue weighted by Gasteiger charge is -2.26. The van der Waals surface area contributed by atoms with E-state index in [2.05, 4.69) is 4.98 Å². The summed E-state index contributed by atoms with van der Waals surface area (Å²) in [5.41, 5.74) is 2.04. The first-order valence-electron chi connectivity index (χ1n) is 10.5. The van der Waals surface area contributed by atoms with E-state index in [1.165, 1.54) is 4.90 Å². The van der Waals surface area contributed by atoms with Gasteiger partial charge in [-0.05, 0) is 68.8 Å². The number of rotatable bonds is 5. The van der Waals surface area contributed by atoms with E-state index in [0.717, 1.165) is 5.56 Å². The van der Waals surface area contributed by atoms with E-state index in [9.17, 15) is 14.7 Å². The number of ketones is 1. The van der Waals surface area contributed by atoms with Crippen molar-refractivity contribution < 1.29 is 19.4 Å². The highest BCUT2D eigenvalue weighted by Gasteiger charge is 2.48. The van der Waals surface area contributed by atoms with Crippen LogP contribution in [0.3, 0.4) is 0 Å². The number of halogens is 1. The summed E-state index contributed by atoms with van der Waals surface area (Å²) in [7, 11) is 0. The molecule has 4 rings (SSSR count). The third-order valence-electron chi connectivity index (χ3n) is 5.31. The number of pyridine rings is 1. The van der Waals surface area contributed by atoms with E-state index < -0.39 is 17.7 Å². The SMILES string of the molecule is Cc1cc(Cl)ccc1N1C(=O)C(=O)/C(=C(/O)c2cccc(OC(C)C)c2)C1c1ccccn1. The van der Waals surface area contributed by atoms with E-state index in [0.29, 0.717) is 27.7 Å². The molecular formula is C26H23ClN2O4. The first-order chi connectivity index (χ1) is 15.8. The minimum Gasteiger partial charge on any atom is -0.507 e. The molecule has 1 amide bonds. The van der Waals surface area contributed by atoms with Gasteiger partial charge < -0.3 is 9.84 Å². The van der Waals surface area contributed by atoms with Crippen molar-refractivity contribution in [2.45, 2.75) is 32.9 Å². The zero-order chi connectivity index (χ0) is 23.7. The standard InChI is InChI=1S/C26H23ClN2O4/c1-15(2)33-19-8-6-7-17(14-19)24(30)22-23(20-9-4-5-12-28-20)29(26(32)25(22)31)21-11-10-18(27)13-16(21)3/h4-15,23,30H,1-3H3/b24-22+. The third kappa shape index (κ3) is 4.34. The normalized spacial score (nSPS) is 17.6. The van der Waals surface area contributed by atoms with Gasteiger partial charge in [0.15, 0.2) is 0 Å². The third-order valence-corrected chi connectivity index (χ3v) is 5.55. The summed E-state index contributed by atoms with van der Waals surface area (Å²) in [5.74, 6) is -1.27. The molecule has 7 heteroatoms. The van der Waals surface area contributed by atoms with Gasteiger partial charge in [-0.3, -0.25) is 19.5 Å². The second-order valence-electron chi connectivity index (χ2n) is 8.05. The number of amides is 1. The Balaban J connectivity index is 1.91. The first kappa shape index (κ1) is 22.6. The number of Topliss-reactive ketones (excluding diaryl/α,β-unsaturated/α-hetero) is 1. The fraction of sp³-hybridized carbons (Fsp3) is 0.192. The number of hydrogen-bond acceptors (Lipinski definition) is 5. The summed E-state index contributed by atoms with van der Waals surface area (Å²) in [6, 6.07) is 16.2. The second-order valence-corrected chi connectivity index (χ2v) is 8.49. The van der Waals surface area contributed by atoms with Crippen LogP contribution in [0, 0.1) is 6.92 Å². The topological polar surface area (TPSA) is 79.7 Å². The minimum absolute atomic E-state index is 0.0326. The van der Waals surface area contributed by atoms with Crippen molar-refractivity contribution in [2.24, 2.45) is 0 Å². The van der Waals surface area contributed by atoms with E-state index in [4.69, 9.17) is 16.3 Å². The van der Waals surface area contributed by atoms with Crippen LogP contribution in [0.2, 0.25) is 5.02 Å². The monoisotopic (exact) mass is 462 g/mol. The molecule has 1 saturated heterocycles. The van der Waals surface area contributed by atoms with Crippen LogP contribution < -0.4 is 9.64 Å². The average molecular weight is 463 g/mol. The van der Waals surface area contributed by atoms with Gasteiger partial charge in [0.05, 0.1) is 17.4 Å². The lowest BCUT2D eigenvalue weighted by Crippen LogP contribution is -2.30. The molecule has 0 spiro atoms. The molecule has 1 aliphatic rings. The number of ether oxygens (including phenoxy) is 1. The Bertz CT molecular complexity index is 1250. The summed E-state index contributed by atoms with van der Waals surface area (Å²) in [6.45, 7) is 5.60. The molecule has 33 heavy (non-hydrogen) atoms. The summed E-state index contributed by atoms with van der Waals surface area (Å²) < 4.78 is 5.72. The highest BCUT2D eigenvalue weighted by molar-refractivity contribution is 6.51. The fourth-order valence-electron chi connectivity index (χ4n) is 3.93. The molecule has 0 aliphatic carbocycles. The van der Waals surface area contributed by atoms with Crippen LogP contribution >= 0.6 is 11.6 Å². The van der Waals surface area contributed by atoms with Crippen molar-refractivity contribution >= 4 is 34.7 Å². The number of aliphatic hydroxyl groups is 1. The summed E-state index contributed by atoms with van der Waals surface area (Å²) >= 11 is 6.11. The molecular weight excluding hydrogens is 440 g/mol. The Morgan fingerprint density at radius 1 is 1.09 bits per heavy atom. The van der Waals surface area contributed by atoms with E-state index >= 15 is 0 Å². The summed E-state index contributed by atoms with van der Waals surface area (Å²) in [5, 5.41) is 11.8. The molecule has 1 aliphatic heterocycles. The van der Waals surface area contributed by atoms with E-state index in [1.807, 2.05) is 20.8 Å². The Labute approximate surface area is 197 Å². The highest BCUT2D eigenvalue weighted by atomic mass is 35.5. The number of aryl methyl sites for hydroxylation is 1. The van der Waals surface area contributed by atoms with Gasteiger partial charge in [-0.2, -0.15) is 0 Å². The maximum atomic E-state index is 13.2. The lowest BCUT2D eigenvalue weighted by molar-refractivity contribution is -0.132. The number of benzene rings is 2. The maximum Gasteiger partial charge on any atom is 0.300 e. The fourth-order valence-corrected chi connectivity index (χ4v) is 4.16. The van der Waals surface area contributed by atoms with Crippen molar-refractivity contribution in [3.8, 4) is 5.75 Å². The van der Waals surface area contributed by atoms with Gasteiger partial charge in [0.25, 0.3) is 11.7 Å². The van der Waals surface area contributed by atoms with Crippen molar-refractivity contribution in [3.05, 3.63) is 94.3 Å². The molecule has 2 aromatic carbocycles. The van der Waals surface area contributed by atoms with E-state index in [1.54, 1.807) is 66.9 Å². The number of carbonyl (C=O) groups excluding carboxylic acids is 2. The second kappa shape index (κ2) is 9.08. The first-order valence-corrected chi connectivity index (χ1v) is 10.9. The minimum atomic E-state index is -0.902. The smallest absolute Gasteiger partial charge is 0.300 e. The van der Waals surface area contributed by atoms with Gasteiger partial charge in [0, 0.05) is 22.5 Å². The Morgan fingerprint density at radius 3 is 2.55 bits per heavy atom. The highest BCUT2D eigenvalue weighted by Crippen LogP contribution is 2.43. The molecule has 3 aromatic rings. The quantitative estimate of drug-likeness (QED) is 0.309. The van der Waals surface area contributed by atoms with Gasteiger partial charge in [-0.25, -0.2) is 0 Å². The zero-order valence-electron chi connectivity index (χ0n) is 18.4. The number of aliphatic hydroxyl groups excluding tert-OH is 1. The van der Waals surface area contributed by atoms with Gasteiger partial charge in [-0.1, -0.05) is 29.8 Å². The number of nitrogens with zero attached hydrogens (tertiary/aromatic N) is 2. The van der Waals surface area contributed by atoms with Crippen molar-refractivity contribution in [2.75, 3.05) is 4.90 Å². The summed E-state index contributed by atoms with van der Waals surface area (Å²) in [4.78, 5) is 32.2.